The minimum atomic E-state index is -3.18. The Kier molecular flexibility index (Phi) is 4.51. The maximum absolute atomic E-state index is 11.6. The monoisotopic (exact) mass is 236 g/mol. The van der Waals surface area contributed by atoms with Gasteiger partial charge in [-0.2, -0.15) is 0 Å². The number of nitrogens with zero attached hydrogens (tertiary/aromatic N) is 1. The van der Waals surface area contributed by atoms with Gasteiger partial charge in [-0.25, -0.2) is 12.7 Å². The lowest BCUT2D eigenvalue weighted by atomic mass is 9.94. The van der Waals surface area contributed by atoms with Crippen molar-refractivity contribution in [2.75, 3.05) is 33.1 Å². The summed E-state index contributed by atoms with van der Waals surface area (Å²) in [5.41, 5.74) is 5.91. The summed E-state index contributed by atoms with van der Waals surface area (Å²) in [6, 6.07) is -0.277. The summed E-state index contributed by atoms with van der Waals surface area (Å²) in [6.07, 6.45) is 1.73. The van der Waals surface area contributed by atoms with E-state index >= 15 is 0 Å². The highest BCUT2D eigenvalue weighted by Gasteiger charge is 2.26. The van der Waals surface area contributed by atoms with Crippen LogP contribution in [0.15, 0.2) is 0 Å². The van der Waals surface area contributed by atoms with Crippen molar-refractivity contribution in [1.29, 1.82) is 0 Å². The summed E-state index contributed by atoms with van der Waals surface area (Å²) in [5.74, 6) is 0.304. The topological polar surface area (TPSA) is 72.6 Å². The number of sulfonamides is 1. The predicted octanol–water partition coefficient (Wildman–Crippen LogP) is -0.368. The number of hydrogen-bond donors (Lipinski definition) is 1. The lowest BCUT2D eigenvalue weighted by Crippen LogP contribution is -2.42. The minimum absolute atomic E-state index is 0.0324. The first-order chi connectivity index (χ1) is 6.93. The summed E-state index contributed by atoms with van der Waals surface area (Å²) in [5, 5.41) is 0. The number of rotatable bonds is 4. The van der Waals surface area contributed by atoms with Crippen molar-refractivity contribution in [3.8, 4) is 0 Å². The van der Waals surface area contributed by atoms with Gasteiger partial charge in [0.2, 0.25) is 10.0 Å². The summed E-state index contributed by atoms with van der Waals surface area (Å²) in [7, 11) is -0.112. The zero-order valence-corrected chi connectivity index (χ0v) is 10.2. The zero-order valence-electron chi connectivity index (χ0n) is 9.35. The van der Waals surface area contributed by atoms with Crippen molar-refractivity contribution in [1.82, 2.24) is 4.31 Å². The van der Waals surface area contributed by atoms with Crippen molar-refractivity contribution >= 4 is 10.0 Å². The molecule has 1 atom stereocenters. The molecule has 0 aromatic rings. The second-order valence-corrected chi connectivity index (χ2v) is 6.40. The van der Waals surface area contributed by atoms with Crippen molar-refractivity contribution in [3.05, 3.63) is 0 Å². The number of hydrogen-bond acceptors (Lipinski definition) is 4. The molecule has 0 aromatic carbocycles. The van der Waals surface area contributed by atoms with E-state index in [4.69, 9.17) is 10.5 Å². The second kappa shape index (κ2) is 5.25. The normalized spacial score (nSPS) is 21.9. The highest BCUT2D eigenvalue weighted by Crippen LogP contribution is 2.18. The summed E-state index contributed by atoms with van der Waals surface area (Å²) >= 11 is 0. The average molecular weight is 236 g/mol. The molecule has 1 fully saturated rings. The van der Waals surface area contributed by atoms with E-state index in [2.05, 4.69) is 0 Å². The van der Waals surface area contributed by atoms with Crippen LogP contribution in [0.4, 0.5) is 0 Å². The van der Waals surface area contributed by atoms with Crippen molar-refractivity contribution in [2.45, 2.75) is 18.9 Å². The van der Waals surface area contributed by atoms with E-state index < -0.39 is 10.0 Å². The van der Waals surface area contributed by atoms with E-state index in [1.54, 1.807) is 0 Å². The fraction of sp³-hybridized carbons (Fsp3) is 1.00. The van der Waals surface area contributed by atoms with Crippen molar-refractivity contribution in [2.24, 2.45) is 11.7 Å². The minimum Gasteiger partial charge on any atom is -0.381 e. The third-order valence-electron chi connectivity index (χ3n) is 2.83. The van der Waals surface area contributed by atoms with E-state index in [9.17, 15) is 8.42 Å². The van der Waals surface area contributed by atoms with E-state index in [1.807, 2.05) is 0 Å². The van der Waals surface area contributed by atoms with Crippen LogP contribution in [0.5, 0.6) is 0 Å². The van der Waals surface area contributed by atoms with Crippen LogP contribution in [0.25, 0.3) is 0 Å². The number of nitrogens with two attached hydrogens (primary N) is 1. The third-order valence-corrected chi connectivity index (χ3v) is 4.75. The molecular formula is C9H20N2O3S. The van der Waals surface area contributed by atoms with Crippen LogP contribution in [0.3, 0.4) is 0 Å². The first-order valence-electron chi connectivity index (χ1n) is 5.17. The van der Waals surface area contributed by atoms with Crippen molar-refractivity contribution in [3.63, 3.8) is 0 Å². The lowest BCUT2D eigenvalue weighted by Gasteiger charge is -2.28. The highest BCUT2D eigenvalue weighted by molar-refractivity contribution is 7.89. The fourth-order valence-corrected chi connectivity index (χ4v) is 2.73. The Bertz CT molecular complexity index is 284. The predicted molar refractivity (Wildman–Crippen MR) is 59.0 cm³/mol. The maximum Gasteiger partial charge on any atom is 0.215 e. The molecule has 0 amide bonds. The molecule has 5 nitrogen and oxygen atoms in total. The molecule has 1 rings (SSSR count). The van der Waals surface area contributed by atoms with Gasteiger partial charge in [0.15, 0.2) is 0 Å². The third kappa shape index (κ3) is 3.71. The molecule has 0 bridgehead atoms. The molecule has 0 aromatic heterocycles. The van der Waals surface area contributed by atoms with Gasteiger partial charge in [-0.3, -0.25) is 0 Å². The molecule has 0 aliphatic carbocycles. The standard InChI is InChI=1S/C9H20N2O3S/c1-11(2)15(12,13)7-9(10)8-3-5-14-6-4-8/h8-9H,3-7,10H2,1-2H3. The summed E-state index contributed by atoms with van der Waals surface area (Å²) in [6.45, 7) is 1.39. The van der Waals surface area contributed by atoms with Gasteiger partial charge >= 0.3 is 0 Å². The van der Waals surface area contributed by atoms with E-state index in [0.717, 1.165) is 12.8 Å². The zero-order chi connectivity index (χ0) is 11.5. The SMILES string of the molecule is CN(C)S(=O)(=O)CC(N)C1CCOCC1. The first kappa shape index (κ1) is 12.9. The van der Waals surface area contributed by atoms with Crippen LogP contribution in [-0.4, -0.2) is 51.8 Å². The molecule has 6 heteroatoms. The molecule has 1 heterocycles. The fourth-order valence-electron chi connectivity index (χ4n) is 1.67. The van der Waals surface area contributed by atoms with Gasteiger partial charge in [0.1, 0.15) is 0 Å². The molecule has 0 saturated carbocycles. The van der Waals surface area contributed by atoms with Gasteiger partial charge < -0.3 is 10.5 Å². The Hall–Kier alpha value is -0.170. The first-order valence-corrected chi connectivity index (χ1v) is 6.78. The molecule has 1 unspecified atom stereocenters. The van der Waals surface area contributed by atoms with Crippen LogP contribution in [-0.2, 0) is 14.8 Å². The summed E-state index contributed by atoms with van der Waals surface area (Å²) < 4.78 is 29.6. The van der Waals surface area contributed by atoms with E-state index in [-0.39, 0.29) is 17.7 Å². The molecule has 15 heavy (non-hydrogen) atoms. The molecule has 1 aliphatic rings. The summed E-state index contributed by atoms with van der Waals surface area (Å²) in [4.78, 5) is 0. The second-order valence-electron chi connectivity index (χ2n) is 4.17. The largest absolute Gasteiger partial charge is 0.381 e. The van der Waals surface area contributed by atoms with Crippen LogP contribution in [0, 0.1) is 5.92 Å². The van der Waals surface area contributed by atoms with Gasteiger partial charge in [0, 0.05) is 33.4 Å². The highest BCUT2D eigenvalue weighted by atomic mass is 32.2. The van der Waals surface area contributed by atoms with Crippen LogP contribution in [0.2, 0.25) is 0 Å². The Morgan fingerprint density at radius 3 is 2.40 bits per heavy atom. The van der Waals surface area contributed by atoms with Crippen LogP contribution in [0.1, 0.15) is 12.8 Å². The molecule has 1 aliphatic heterocycles. The van der Waals surface area contributed by atoms with E-state index in [1.165, 1.54) is 18.4 Å². The molecule has 0 spiro atoms. The van der Waals surface area contributed by atoms with Crippen LogP contribution >= 0.6 is 0 Å². The maximum atomic E-state index is 11.6. The van der Waals surface area contributed by atoms with Gasteiger partial charge in [-0.1, -0.05) is 0 Å². The lowest BCUT2D eigenvalue weighted by molar-refractivity contribution is 0.0605. The average Bonchev–Trinajstić information content (AvgIpc) is 2.18. The molecule has 2 N–H and O–H groups in total. The number of ether oxygens (including phenoxy) is 1. The Labute approximate surface area is 91.6 Å². The van der Waals surface area contributed by atoms with E-state index in [0.29, 0.717) is 13.2 Å². The smallest absolute Gasteiger partial charge is 0.215 e. The molecule has 90 valence electrons. The molecular weight excluding hydrogens is 216 g/mol. The quantitative estimate of drug-likeness (QED) is 0.723. The van der Waals surface area contributed by atoms with Gasteiger partial charge in [-0.15, -0.1) is 0 Å². The van der Waals surface area contributed by atoms with Crippen LogP contribution < -0.4 is 5.73 Å². The Morgan fingerprint density at radius 2 is 1.93 bits per heavy atom. The van der Waals surface area contributed by atoms with Crippen molar-refractivity contribution < 1.29 is 13.2 Å². The van der Waals surface area contributed by atoms with Gasteiger partial charge in [0.25, 0.3) is 0 Å². The Balaban J connectivity index is 2.50. The van der Waals surface area contributed by atoms with Gasteiger partial charge in [0.05, 0.1) is 5.75 Å². The molecule has 1 saturated heterocycles. The van der Waals surface area contributed by atoms with Gasteiger partial charge in [-0.05, 0) is 18.8 Å². The Morgan fingerprint density at radius 1 is 1.40 bits per heavy atom. The molecule has 0 radical (unpaired) electrons.